The third-order valence-electron chi connectivity index (χ3n) is 2.48. The zero-order chi connectivity index (χ0) is 14.6. The van der Waals surface area contributed by atoms with Crippen molar-refractivity contribution >= 4 is 0 Å². The third-order valence-corrected chi connectivity index (χ3v) is 2.48. The van der Waals surface area contributed by atoms with Crippen molar-refractivity contribution in [3.8, 4) is 0 Å². The van der Waals surface area contributed by atoms with Gasteiger partial charge in [0.2, 0.25) is 0 Å². The summed E-state index contributed by atoms with van der Waals surface area (Å²) in [5.41, 5.74) is 0. The van der Waals surface area contributed by atoms with Gasteiger partial charge in [-0.2, -0.15) is 0 Å². The molecule has 10 nitrogen and oxygen atoms in total. The van der Waals surface area contributed by atoms with E-state index in [-0.39, 0.29) is 0 Å². The second kappa shape index (κ2) is 11.8. The van der Waals surface area contributed by atoms with Gasteiger partial charge in [-0.1, -0.05) is 0 Å². The minimum Gasteiger partial charge on any atom is -0.396 e. The molecule has 0 aromatic rings. The number of hydrogen-bond acceptors (Lipinski definition) is 6. The van der Waals surface area contributed by atoms with Gasteiger partial charge in [-0.15, -0.1) is 20.2 Å². The summed E-state index contributed by atoms with van der Waals surface area (Å²) >= 11 is 0. The smallest absolute Gasteiger partial charge is 0.291 e. The molecule has 4 N–H and O–H groups in total. The maximum Gasteiger partial charge on any atom is 0.291 e. The summed E-state index contributed by atoms with van der Waals surface area (Å²) < 4.78 is 0. The van der Waals surface area contributed by atoms with Crippen LogP contribution in [-0.2, 0) is 0 Å². The summed E-state index contributed by atoms with van der Waals surface area (Å²) in [6, 6.07) is 0. The van der Waals surface area contributed by atoms with Crippen LogP contribution in [0.5, 0.6) is 0 Å². The van der Waals surface area contributed by atoms with Crippen LogP contribution in [0.4, 0.5) is 0 Å². The zero-order valence-electron chi connectivity index (χ0n) is 9.71. The molecule has 1 rings (SSSR count). The van der Waals surface area contributed by atoms with Crippen LogP contribution in [0.25, 0.3) is 0 Å². The summed E-state index contributed by atoms with van der Waals surface area (Å²) in [7, 11) is 0. The SMILES string of the molecule is O=[N+]([O-])O.O=[N+]([O-])O.OCC1CCC(CO)CC1. The molecule has 1 fully saturated rings. The van der Waals surface area contributed by atoms with Crippen LogP contribution in [0.2, 0.25) is 0 Å². The highest BCUT2D eigenvalue weighted by Gasteiger charge is 2.19. The predicted octanol–water partition coefficient (Wildman–Crippen LogP) is 0.0820. The molecule has 0 aromatic carbocycles. The molecule has 0 spiro atoms. The zero-order valence-corrected chi connectivity index (χ0v) is 9.71. The Balaban J connectivity index is 0. The Morgan fingerprint density at radius 2 is 1.00 bits per heavy atom. The van der Waals surface area contributed by atoms with E-state index in [1.807, 2.05) is 0 Å². The summed E-state index contributed by atoms with van der Waals surface area (Å²) in [6.07, 6.45) is 4.40. The maximum atomic E-state index is 8.79. The van der Waals surface area contributed by atoms with Gasteiger partial charge in [-0.05, 0) is 37.5 Å². The molecule has 1 aliphatic rings. The highest BCUT2D eigenvalue weighted by atomic mass is 16.9. The van der Waals surface area contributed by atoms with Crippen LogP contribution in [0.15, 0.2) is 0 Å². The lowest BCUT2D eigenvalue weighted by atomic mass is 9.83. The fraction of sp³-hybridized carbons (Fsp3) is 1.00. The van der Waals surface area contributed by atoms with E-state index in [9.17, 15) is 0 Å². The second-order valence-corrected chi connectivity index (χ2v) is 3.73. The quantitative estimate of drug-likeness (QED) is 0.404. The minimum atomic E-state index is -1.50. The van der Waals surface area contributed by atoms with Crippen molar-refractivity contribution in [1.29, 1.82) is 0 Å². The van der Waals surface area contributed by atoms with E-state index < -0.39 is 10.2 Å². The van der Waals surface area contributed by atoms with Gasteiger partial charge in [0, 0.05) is 13.2 Å². The third kappa shape index (κ3) is 16.7. The number of aliphatic hydroxyl groups excluding tert-OH is 2. The van der Waals surface area contributed by atoms with E-state index in [0.717, 1.165) is 25.7 Å². The number of hydrogen-bond donors (Lipinski definition) is 4. The van der Waals surface area contributed by atoms with Gasteiger partial charge >= 0.3 is 0 Å². The number of aliphatic hydroxyl groups is 2. The standard InChI is InChI=1S/C8H16O2.2HNO3/c9-5-7-1-2-8(6-10)4-3-7;2*2-1(3)4/h7-10H,1-6H2;2*(H,2,3,4). The lowest BCUT2D eigenvalue weighted by molar-refractivity contribution is -0.742. The molecule has 0 radical (unpaired) electrons. The van der Waals surface area contributed by atoms with Gasteiger partial charge in [-0.25, -0.2) is 0 Å². The predicted molar refractivity (Wildman–Crippen MR) is 57.2 cm³/mol. The van der Waals surface area contributed by atoms with E-state index in [2.05, 4.69) is 0 Å². The summed E-state index contributed by atoms with van der Waals surface area (Å²) in [5, 5.41) is 44.9. The first-order valence-corrected chi connectivity index (χ1v) is 5.21. The first kappa shape index (κ1) is 18.7. The topological polar surface area (TPSA) is 167 Å². The van der Waals surface area contributed by atoms with Gasteiger partial charge in [-0.3, -0.25) is 0 Å². The Kier molecular flexibility index (Phi) is 12.2. The molecule has 0 atom stereocenters. The molecule has 0 aliphatic heterocycles. The van der Waals surface area contributed by atoms with Gasteiger partial charge in [0.1, 0.15) is 0 Å². The molecule has 108 valence electrons. The Labute approximate surface area is 103 Å². The van der Waals surface area contributed by atoms with Crippen LogP contribution in [-0.4, -0.2) is 44.0 Å². The molecule has 1 aliphatic carbocycles. The molecule has 10 heteroatoms. The van der Waals surface area contributed by atoms with Crippen molar-refractivity contribution in [3.05, 3.63) is 20.2 Å². The fourth-order valence-electron chi connectivity index (χ4n) is 1.60. The molecule has 0 saturated heterocycles. The molecule has 0 aromatic heterocycles. The van der Waals surface area contributed by atoms with Gasteiger partial charge in [0.15, 0.2) is 0 Å². The molecule has 0 amide bonds. The van der Waals surface area contributed by atoms with Crippen LogP contribution >= 0.6 is 0 Å². The van der Waals surface area contributed by atoms with Crippen molar-refractivity contribution in [1.82, 2.24) is 0 Å². The van der Waals surface area contributed by atoms with E-state index in [1.54, 1.807) is 0 Å². The number of nitrogens with zero attached hydrogens (tertiary/aromatic N) is 2. The van der Waals surface area contributed by atoms with Gasteiger partial charge < -0.3 is 20.6 Å². The highest BCUT2D eigenvalue weighted by Crippen LogP contribution is 2.27. The molecule has 0 heterocycles. The molecule has 0 unspecified atom stereocenters. The highest BCUT2D eigenvalue weighted by molar-refractivity contribution is 4.70. The number of rotatable bonds is 2. The van der Waals surface area contributed by atoms with Gasteiger partial charge in [0.05, 0.1) is 0 Å². The molecular weight excluding hydrogens is 252 g/mol. The van der Waals surface area contributed by atoms with Crippen LogP contribution in [0.1, 0.15) is 25.7 Å². The van der Waals surface area contributed by atoms with E-state index in [0.29, 0.717) is 25.0 Å². The average molecular weight is 270 g/mol. The largest absolute Gasteiger partial charge is 0.396 e. The average Bonchev–Trinajstić information content (AvgIpc) is 2.28. The fourth-order valence-corrected chi connectivity index (χ4v) is 1.60. The van der Waals surface area contributed by atoms with Crippen LogP contribution < -0.4 is 0 Å². The molecule has 0 bridgehead atoms. The van der Waals surface area contributed by atoms with Crippen molar-refractivity contribution < 1.29 is 30.8 Å². The lowest BCUT2D eigenvalue weighted by Crippen LogP contribution is -2.19. The lowest BCUT2D eigenvalue weighted by Gasteiger charge is -2.25. The van der Waals surface area contributed by atoms with Crippen molar-refractivity contribution in [2.75, 3.05) is 13.2 Å². The van der Waals surface area contributed by atoms with Crippen molar-refractivity contribution in [2.24, 2.45) is 11.8 Å². The van der Waals surface area contributed by atoms with E-state index >= 15 is 0 Å². The summed E-state index contributed by atoms with van der Waals surface area (Å²) in [4.78, 5) is 16.7. The normalized spacial score (nSPS) is 21.7. The Hall–Kier alpha value is -1.68. The molecule has 1 saturated carbocycles. The maximum absolute atomic E-state index is 8.79. The first-order chi connectivity index (χ1) is 8.33. The Morgan fingerprint density at radius 3 is 1.11 bits per heavy atom. The van der Waals surface area contributed by atoms with E-state index in [4.69, 9.17) is 40.9 Å². The Morgan fingerprint density at radius 1 is 0.833 bits per heavy atom. The van der Waals surface area contributed by atoms with Crippen molar-refractivity contribution in [2.45, 2.75) is 25.7 Å². The minimum absolute atomic E-state index is 0.331. The van der Waals surface area contributed by atoms with Crippen LogP contribution in [0, 0.1) is 32.1 Å². The van der Waals surface area contributed by atoms with E-state index in [1.165, 1.54) is 0 Å². The first-order valence-electron chi connectivity index (χ1n) is 5.21. The molecule has 18 heavy (non-hydrogen) atoms. The monoisotopic (exact) mass is 270 g/mol. The summed E-state index contributed by atoms with van der Waals surface area (Å²) in [6.45, 7) is 0.663. The van der Waals surface area contributed by atoms with Gasteiger partial charge in [0.25, 0.3) is 10.2 Å². The van der Waals surface area contributed by atoms with Crippen molar-refractivity contribution in [3.63, 3.8) is 0 Å². The Bertz CT molecular complexity index is 197. The second-order valence-electron chi connectivity index (χ2n) is 3.73. The van der Waals surface area contributed by atoms with Crippen LogP contribution in [0.3, 0.4) is 0 Å². The molecular formula is C8H18N2O8. The summed E-state index contributed by atoms with van der Waals surface area (Å²) in [5.74, 6) is 1.03.